The molecule has 4 heteroatoms. The molecule has 84 valence electrons. The molecular weight excluding hydrogens is 210 g/mol. The highest BCUT2D eigenvalue weighted by Gasteiger charge is 2.11. The summed E-state index contributed by atoms with van der Waals surface area (Å²) in [6.07, 6.45) is 4.50. The fourth-order valence-electron chi connectivity index (χ4n) is 1.43. The quantitative estimate of drug-likeness (QED) is 0.758. The topological polar surface area (TPSA) is 37.8 Å². The molecule has 0 bridgehead atoms. The summed E-state index contributed by atoms with van der Waals surface area (Å²) in [6.45, 7) is 5.09. The zero-order chi connectivity index (χ0) is 11.1. The molecule has 0 saturated heterocycles. The van der Waals surface area contributed by atoms with E-state index in [1.165, 1.54) is 0 Å². The van der Waals surface area contributed by atoms with Crippen molar-refractivity contribution >= 4 is 11.6 Å². The van der Waals surface area contributed by atoms with Crippen LogP contribution in [0.1, 0.15) is 26.1 Å². The van der Waals surface area contributed by atoms with Gasteiger partial charge < -0.3 is 5.32 Å². The fraction of sp³-hybridized carbons (Fsp3) is 0.636. The van der Waals surface area contributed by atoms with Crippen LogP contribution in [0.3, 0.4) is 0 Å². The van der Waals surface area contributed by atoms with Gasteiger partial charge in [0.15, 0.2) is 0 Å². The third kappa shape index (κ3) is 4.58. The molecule has 1 aromatic heterocycles. The summed E-state index contributed by atoms with van der Waals surface area (Å²) in [4.78, 5) is 8.33. The van der Waals surface area contributed by atoms with Gasteiger partial charge in [0.2, 0.25) is 0 Å². The lowest BCUT2D eigenvalue weighted by atomic mass is 10.0. The van der Waals surface area contributed by atoms with Crippen molar-refractivity contribution in [3.63, 3.8) is 0 Å². The summed E-state index contributed by atoms with van der Waals surface area (Å²) in [5, 5.41) is 3.43. The highest BCUT2D eigenvalue weighted by molar-refractivity contribution is 6.17. The molecule has 0 amide bonds. The number of alkyl halides is 1. The fourth-order valence-corrected chi connectivity index (χ4v) is 1.67. The second-order valence-corrected chi connectivity index (χ2v) is 4.25. The van der Waals surface area contributed by atoms with E-state index in [2.05, 4.69) is 29.1 Å². The van der Waals surface area contributed by atoms with Gasteiger partial charge in [-0.2, -0.15) is 0 Å². The predicted molar refractivity (Wildman–Crippen MR) is 62.8 cm³/mol. The summed E-state index contributed by atoms with van der Waals surface area (Å²) < 4.78 is 0. The maximum Gasteiger partial charge on any atom is 0.141 e. The van der Waals surface area contributed by atoms with E-state index in [0.717, 1.165) is 12.2 Å². The average Bonchev–Trinajstić information content (AvgIpc) is 2.25. The molecule has 0 aliphatic heterocycles. The van der Waals surface area contributed by atoms with Crippen molar-refractivity contribution in [2.45, 2.75) is 32.9 Å². The number of rotatable bonds is 6. The molecule has 1 atom stereocenters. The molecule has 1 rings (SSSR count). The zero-order valence-electron chi connectivity index (χ0n) is 9.28. The standard InChI is InChI=1S/C11H18ClN3/c1-9(2)10(4-5-12)15-8-11-13-6-3-7-14-11/h3,6-7,9-10,15H,4-5,8H2,1-2H3. The normalized spacial score (nSPS) is 13.1. The molecular formula is C11H18ClN3. The first-order valence-corrected chi connectivity index (χ1v) is 5.82. The maximum absolute atomic E-state index is 5.75. The molecule has 0 radical (unpaired) electrons. The molecule has 0 fully saturated rings. The van der Waals surface area contributed by atoms with Crippen molar-refractivity contribution in [1.82, 2.24) is 15.3 Å². The summed E-state index contributed by atoms with van der Waals surface area (Å²) in [6, 6.07) is 2.26. The highest BCUT2D eigenvalue weighted by atomic mass is 35.5. The zero-order valence-corrected chi connectivity index (χ0v) is 10.0. The average molecular weight is 228 g/mol. The number of aromatic nitrogens is 2. The lowest BCUT2D eigenvalue weighted by Crippen LogP contribution is -2.34. The minimum atomic E-state index is 0.436. The minimum absolute atomic E-state index is 0.436. The van der Waals surface area contributed by atoms with Crippen molar-refractivity contribution in [2.24, 2.45) is 5.92 Å². The van der Waals surface area contributed by atoms with Crippen molar-refractivity contribution in [3.05, 3.63) is 24.3 Å². The maximum atomic E-state index is 5.75. The summed E-state index contributed by atoms with van der Waals surface area (Å²) in [5.74, 6) is 2.09. The largest absolute Gasteiger partial charge is 0.307 e. The van der Waals surface area contributed by atoms with Gasteiger partial charge in [-0.15, -0.1) is 11.6 Å². The van der Waals surface area contributed by atoms with Crippen molar-refractivity contribution in [1.29, 1.82) is 0 Å². The van der Waals surface area contributed by atoms with Crippen LogP contribution in [0.4, 0.5) is 0 Å². The Labute approximate surface area is 96.3 Å². The van der Waals surface area contributed by atoms with E-state index < -0.39 is 0 Å². The van der Waals surface area contributed by atoms with Gasteiger partial charge >= 0.3 is 0 Å². The van der Waals surface area contributed by atoms with E-state index in [1.54, 1.807) is 12.4 Å². The Kier molecular flexibility index (Phi) is 5.58. The lowest BCUT2D eigenvalue weighted by Gasteiger charge is -2.20. The van der Waals surface area contributed by atoms with Gasteiger partial charge in [0.05, 0.1) is 6.54 Å². The SMILES string of the molecule is CC(C)C(CCCl)NCc1ncccn1. The second-order valence-electron chi connectivity index (χ2n) is 3.87. The third-order valence-electron chi connectivity index (χ3n) is 2.37. The number of nitrogens with one attached hydrogen (secondary N) is 1. The molecule has 1 unspecified atom stereocenters. The monoisotopic (exact) mass is 227 g/mol. The van der Waals surface area contributed by atoms with Gasteiger partial charge in [0, 0.05) is 24.3 Å². The number of hydrogen-bond donors (Lipinski definition) is 1. The molecule has 15 heavy (non-hydrogen) atoms. The van der Waals surface area contributed by atoms with Crippen molar-refractivity contribution in [3.8, 4) is 0 Å². The van der Waals surface area contributed by atoms with Crippen LogP contribution in [-0.4, -0.2) is 21.9 Å². The second kappa shape index (κ2) is 6.75. The number of nitrogens with zero attached hydrogens (tertiary/aromatic N) is 2. The van der Waals surface area contributed by atoms with Crippen LogP contribution in [0.5, 0.6) is 0 Å². The first kappa shape index (κ1) is 12.4. The van der Waals surface area contributed by atoms with Gasteiger partial charge in [-0.05, 0) is 18.4 Å². The molecule has 1 heterocycles. The van der Waals surface area contributed by atoms with Gasteiger partial charge in [-0.3, -0.25) is 0 Å². The van der Waals surface area contributed by atoms with Crippen molar-refractivity contribution in [2.75, 3.05) is 5.88 Å². The Balaban J connectivity index is 2.40. The Morgan fingerprint density at radius 2 is 2.00 bits per heavy atom. The van der Waals surface area contributed by atoms with Gasteiger partial charge in [-0.1, -0.05) is 13.8 Å². The van der Waals surface area contributed by atoms with E-state index in [4.69, 9.17) is 11.6 Å². The summed E-state index contributed by atoms with van der Waals surface area (Å²) in [5.41, 5.74) is 0. The van der Waals surface area contributed by atoms with Gasteiger partial charge in [0.1, 0.15) is 5.82 Å². The molecule has 1 N–H and O–H groups in total. The first-order chi connectivity index (χ1) is 7.24. The molecule has 0 aliphatic carbocycles. The Bertz CT molecular complexity index is 264. The molecule has 0 saturated carbocycles. The molecule has 1 aromatic rings. The molecule has 3 nitrogen and oxygen atoms in total. The van der Waals surface area contributed by atoms with E-state index in [1.807, 2.05) is 6.07 Å². The van der Waals surface area contributed by atoms with Gasteiger partial charge in [-0.25, -0.2) is 9.97 Å². The Morgan fingerprint density at radius 1 is 1.33 bits per heavy atom. The van der Waals surface area contributed by atoms with Crippen LogP contribution >= 0.6 is 11.6 Å². The van der Waals surface area contributed by atoms with E-state index in [-0.39, 0.29) is 0 Å². The number of hydrogen-bond acceptors (Lipinski definition) is 3. The summed E-state index contributed by atoms with van der Waals surface area (Å²) >= 11 is 5.75. The van der Waals surface area contributed by atoms with Crippen LogP contribution in [0.15, 0.2) is 18.5 Å². The highest BCUT2D eigenvalue weighted by Crippen LogP contribution is 2.07. The molecule has 0 aromatic carbocycles. The van der Waals surface area contributed by atoms with E-state index in [0.29, 0.717) is 24.4 Å². The predicted octanol–water partition coefficient (Wildman–Crippen LogP) is 2.22. The Hall–Kier alpha value is -0.670. The van der Waals surface area contributed by atoms with Crippen molar-refractivity contribution < 1.29 is 0 Å². The smallest absolute Gasteiger partial charge is 0.141 e. The first-order valence-electron chi connectivity index (χ1n) is 5.29. The summed E-state index contributed by atoms with van der Waals surface area (Å²) in [7, 11) is 0. The molecule has 0 aliphatic rings. The molecule has 0 spiro atoms. The van der Waals surface area contributed by atoms with Crippen LogP contribution in [0, 0.1) is 5.92 Å². The van der Waals surface area contributed by atoms with Crippen LogP contribution in [-0.2, 0) is 6.54 Å². The van der Waals surface area contributed by atoms with Gasteiger partial charge in [0.25, 0.3) is 0 Å². The third-order valence-corrected chi connectivity index (χ3v) is 2.58. The lowest BCUT2D eigenvalue weighted by molar-refractivity contribution is 0.385. The van der Waals surface area contributed by atoms with Crippen LogP contribution < -0.4 is 5.32 Å². The number of halogens is 1. The minimum Gasteiger partial charge on any atom is -0.307 e. The van der Waals surface area contributed by atoms with E-state index in [9.17, 15) is 0 Å². The van der Waals surface area contributed by atoms with Crippen LogP contribution in [0.25, 0.3) is 0 Å². The van der Waals surface area contributed by atoms with Crippen LogP contribution in [0.2, 0.25) is 0 Å². The Morgan fingerprint density at radius 3 is 2.53 bits per heavy atom. The van der Waals surface area contributed by atoms with E-state index >= 15 is 0 Å².